The molecule has 0 aromatic heterocycles. The number of rotatable bonds is 2. The molecule has 0 bridgehead atoms. The van der Waals surface area contributed by atoms with E-state index in [4.69, 9.17) is 5.11 Å². The number of halogens is 1. The first kappa shape index (κ1) is 13.3. The molecule has 0 saturated carbocycles. The number of carboxylic acids is 1. The third-order valence-corrected chi connectivity index (χ3v) is 3.03. The van der Waals surface area contributed by atoms with Crippen LogP contribution in [-0.4, -0.2) is 50.8 Å². The van der Waals surface area contributed by atoms with Crippen molar-refractivity contribution in [1.82, 2.24) is 4.90 Å². The van der Waals surface area contributed by atoms with Crippen molar-refractivity contribution in [2.75, 3.05) is 6.54 Å². The van der Waals surface area contributed by atoms with Crippen LogP contribution in [0.3, 0.4) is 0 Å². The average Bonchev–Trinajstić information content (AvgIpc) is 2.71. The predicted octanol–water partition coefficient (Wildman–Crippen LogP) is 0.191. The van der Waals surface area contributed by atoms with Gasteiger partial charge in [0.1, 0.15) is 23.2 Å². The van der Waals surface area contributed by atoms with Crippen molar-refractivity contribution in [3.8, 4) is 5.75 Å². The van der Waals surface area contributed by atoms with Crippen molar-refractivity contribution in [1.29, 1.82) is 0 Å². The lowest BCUT2D eigenvalue weighted by Crippen LogP contribution is -2.41. The smallest absolute Gasteiger partial charge is 0.326 e. The van der Waals surface area contributed by atoms with E-state index >= 15 is 0 Å². The van der Waals surface area contributed by atoms with E-state index in [1.54, 1.807) is 0 Å². The highest BCUT2D eigenvalue weighted by atomic mass is 19.1. The predicted molar refractivity (Wildman–Crippen MR) is 61.1 cm³/mol. The first-order valence-electron chi connectivity index (χ1n) is 5.61. The number of hydrogen-bond donors (Lipinski definition) is 3. The Kier molecular flexibility index (Phi) is 3.39. The molecule has 0 unspecified atom stereocenters. The maximum absolute atomic E-state index is 13.6. The van der Waals surface area contributed by atoms with E-state index in [0.717, 1.165) is 17.0 Å². The largest absolute Gasteiger partial charge is 0.507 e. The minimum atomic E-state index is -1.28. The van der Waals surface area contributed by atoms with Gasteiger partial charge in [0.25, 0.3) is 5.91 Å². The Labute approximate surface area is 107 Å². The van der Waals surface area contributed by atoms with Gasteiger partial charge in [0.2, 0.25) is 0 Å². The normalized spacial score (nSPS) is 22.5. The van der Waals surface area contributed by atoms with Crippen molar-refractivity contribution in [2.24, 2.45) is 0 Å². The molecule has 1 saturated heterocycles. The lowest BCUT2D eigenvalue weighted by atomic mass is 10.1. The number of aliphatic carboxylic acids is 1. The zero-order valence-corrected chi connectivity index (χ0v) is 9.78. The van der Waals surface area contributed by atoms with Crippen LogP contribution in [0.4, 0.5) is 4.39 Å². The second-order valence-corrected chi connectivity index (χ2v) is 4.34. The highest BCUT2D eigenvalue weighted by Crippen LogP contribution is 2.26. The summed E-state index contributed by atoms with van der Waals surface area (Å²) in [6, 6.07) is 2.14. The Bertz CT molecular complexity index is 513. The Morgan fingerprint density at radius 1 is 1.37 bits per heavy atom. The molecule has 1 amide bonds. The van der Waals surface area contributed by atoms with Crippen molar-refractivity contribution in [3.63, 3.8) is 0 Å². The number of phenols is 1. The molecule has 0 spiro atoms. The third kappa shape index (κ3) is 2.37. The van der Waals surface area contributed by atoms with Crippen LogP contribution in [0.5, 0.6) is 5.75 Å². The topological polar surface area (TPSA) is 98.1 Å². The number of hydrogen-bond acceptors (Lipinski definition) is 4. The summed E-state index contributed by atoms with van der Waals surface area (Å²) in [5, 5.41) is 27.9. The minimum absolute atomic E-state index is 0.115. The molecule has 2 atom stereocenters. The van der Waals surface area contributed by atoms with Crippen LogP contribution in [0, 0.1) is 5.82 Å². The molecule has 1 fully saturated rings. The Morgan fingerprint density at radius 3 is 2.63 bits per heavy atom. The van der Waals surface area contributed by atoms with Gasteiger partial charge in [0, 0.05) is 13.0 Å². The highest BCUT2D eigenvalue weighted by molar-refractivity contribution is 5.99. The molecule has 6 nitrogen and oxygen atoms in total. The van der Waals surface area contributed by atoms with E-state index in [2.05, 4.69) is 0 Å². The lowest BCUT2D eigenvalue weighted by Gasteiger charge is -2.21. The van der Waals surface area contributed by atoms with Crippen molar-refractivity contribution < 1.29 is 29.3 Å². The summed E-state index contributed by atoms with van der Waals surface area (Å²) >= 11 is 0. The molecule has 1 aliphatic rings. The molecule has 1 aromatic rings. The summed E-state index contributed by atoms with van der Waals surface area (Å²) in [7, 11) is 0. The number of phenolic OH excluding ortho intramolecular Hbond substituents is 1. The summed E-state index contributed by atoms with van der Waals surface area (Å²) in [4.78, 5) is 24.0. The van der Waals surface area contributed by atoms with E-state index in [0.29, 0.717) is 0 Å². The molecule has 1 aromatic carbocycles. The molecule has 19 heavy (non-hydrogen) atoms. The van der Waals surface area contributed by atoms with Crippen LogP contribution in [0.25, 0.3) is 0 Å². The minimum Gasteiger partial charge on any atom is -0.507 e. The highest BCUT2D eigenvalue weighted by Gasteiger charge is 2.40. The fourth-order valence-electron chi connectivity index (χ4n) is 2.14. The Morgan fingerprint density at radius 2 is 2.05 bits per heavy atom. The SMILES string of the molecule is O=C(O)[C@@H]1C[C@H](O)CN1C(=O)c1c(O)cccc1F. The number of carboxylic acid groups (broad SMARTS) is 1. The van der Waals surface area contributed by atoms with Crippen LogP contribution in [-0.2, 0) is 4.79 Å². The van der Waals surface area contributed by atoms with Crippen LogP contribution < -0.4 is 0 Å². The molecule has 2 rings (SSSR count). The molecule has 3 N–H and O–H groups in total. The maximum atomic E-state index is 13.6. The molecular formula is C12H12FNO5. The average molecular weight is 269 g/mol. The third-order valence-electron chi connectivity index (χ3n) is 3.03. The quantitative estimate of drug-likeness (QED) is 0.712. The summed E-state index contributed by atoms with van der Waals surface area (Å²) in [6.07, 6.45) is -1.09. The zero-order valence-electron chi connectivity index (χ0n) is 9.78. The molecule has 102 valence electrons. The number of amides is 1. The Hall–Kier alpha value is -2.15. The van der Waals surface area contributed by atoms with Gasteiger partial charge in [-0.1, -0.05) is 6.07 Å². The fourth-order valence-corrected chi connectivity index (χ4v) is 2.14. The number of carbonyl (C=O) groups is 2. The van der Waals surface area contributed by atoms with Gasteiger partial charge in [-0.15, -0.1) is 0 Å². The molecule has 0 aliphatic carbocycles. The summed E-state index contributed by atoms with van der Waals surface area (Å²) < 4.78 is 13.6. The lowest BCUT2D eigenvalue weighted by molar-refractivity contribution is -0.141. The maximum Gasteiger partial charge on any atom is 0.326 e. The van der Waals surface area contributed by atoms with Crippen molar-refractivity contribution in [3.05, 3.63) is 29.6 Å². The van der Waals surface area contributed by atoms with Crippen LogP contribution in [0.15, 0.2) is 18.2 Å². The van der Waals surface area contributed by atoms with Crippen LogP contribution in [0.1, 0.15) is 16.8 Å². The molecule has 1 aliphatic heterocycles. The van der Waals surface area contributed by atoms with Gasteiger partial charge >= 0.3 is 5.97 Å². The Balaban J connectivity index is 2.36. The zero-order chi connectivity index (χ0) is 14.2. The van der Waals surface area contributed by atoms with Gasteiger partial charge < -0.3 is 20.2 Å². The molecular weight excluding hydrogens is 257 g/mol. The van der Waals surface area contributed by atoms with Gasteiger partial charge in [0.15, 0.2) is 0 Å². The van der Waals surface area contributed by atoms with Gasteiger partial charge in [-0.25, -0.2) is 9.18 Å². The van der Waals surface area contributed by atoms with E-state index in [9.17, 15) is 24.2 Å². The standard InChI is InChI=1S/C12H12FNO5/c13-7-2-1-3-9(16)10(7)11(17)14-5-6(15)4-8(14)12(18)19/h1-3,6,8,15-16H,4-5H2,(H,18,19)/t6-,8-/m0/s1. The number of aromatic hydroxyl groups is 1. The second-order valence-electron chi connectivity index (χ2n) is 4.34. The van der Waals surface area contributed by atoms with Crippen molar-refractivity contribution >= 4 is 11.9 Å². The monoisotopic (exact) mass is 269 g/mol. The molecule has 7 heteroatoms. The molecule has 0 radical (unpaired) electrons. The van der Waals surface area contributed by atoms with Gasteiger partial charge in [-0.2, -0.15) is 0 Å². The first-order valence-corrected chi connectivity index (χ1v) is 5.61. The summed E-state index contributed by atoms with van der Waals surface area (Å²) in [5.74, 6) is -3.72. The van der Waals surface area contributed by atoms with Crippen LogP contribution in [0.2, 0.25) is 0 Å². The van der Waals surface area contributed by atoms with Crippen molar-refractivity contribution in [2.45, 2.75) is 18.6 Å². The number of carbonyl (C=O) groups excluding carboxylic acids is 1. The van der Waals surface area contributed by atoms with Gasteiger partial charge in [0.05, 0.1) is 6.10 Å². The van der Waals surface area contributed by atoms with E-state index in [1.165, 1.54) is 6.07 Å². The second kappa shape index (κ2) is 4.85. The number of β-amino-alcohol motifs (C(OH)–C–C–N with tert-alkyl or cyclic N) is 1. The summed E-state index contributed by atoms with van der Waals surface area (Å²) in [5.41, 5.74) is -0.581. The summed E-state index contributed by atoms with van der Waals surface area (Å²) in [6.45, 7) is -0.205. The fraction of sp³-hybridized carbons (Fsp3) is 0.333. The van der Waals surface area contributed by atoms with E-state index in [1.807, 2.05) is 0 Å². The van der Waals surface area contributed by atoms with E-state index in [-0.39, 0.29) is 13.0 Å². The van der Waals surface area contributed by atoms with Gasteiger partial charge in [-0.3, -0.25) is 4.79 Å². The van der Waals surface area contributed by atoms with E-state index < -0.39 is 41.2 Å². The molecule has 1 heterocycles. The first-order chi connectivity index (χ1) is 8.91. The number of aliphatic hydroxyl groups is 1. The number of likely N-dealkylation sites (tertiary alicyclic amines) is 1. The van der Waals surface area contributed by atoms with Gasteiger partial charge in [-0.05, 0) is 12.1 Å². The number of benzene rings is 1. The number of nitrogens with zero attached hydrogens (tertiary/aromatic N) is 1. The van der Waals surface area contributed by atoms with Crippen LogP contribution >= 0.6 is 0 Å². The number of aliphatic hydroxyl groups excluding tert-OH is 1.